The van der Waals surface area contributed by atoms with Gasteiger partial charge in [-0.2, -0.15) is 23.5 Å². The van der Waals surface area contributed by atoms with Crippen LogP contribution in [0.15, 0.2) is 18.2 Å². The van der Waals surface area contributed by atoms with Gasteiger partial charge in [-0.25, -0.2) is 0 Å². The number of rotatable bonds is 3. The maximum absolute atomic E-state index is 10.3. The molecule has 0 amide bonds. The van der Waals surface area contributed by atoms with Crippen molar-refractivity contribution in [3.05, 3.63) is 34.9 Å². The average Bonchev–Trinajstić information content (AvgIpc) is 2.87. The molecule has 1 fully saturated rings. The molecular weight excluding hydrogens is 260 g/mol. The van der Waals surface area contributed by atoms with Crippen LogP contribution in [0.5, 0.6) is 0 Å². The zero-order valence-electron chi connectivity index (χ0n) is 10.6. The van der Waals surface area contributed by atoms with Crippen LogP contribution in [0.2, 0.25) is 0 Å². The van der Waals surface area contributed by atoms with Gasteiger partial charge in [-0.1, -0.05) is 18.2 Å². The van der Waals surface area contributed by atoms with E-state index in [4.69, 9.17) is 0 Å². The monoisotopic (exact) mass is 280 g/mol. The molecule has 1 aromatic carbocycles. The molecule has 0 spiro atoms. The zero-order valence-corrected chi connectivity index (χ0v) is 12.2. The highest BCUT2D eigenvalue weighted by Crippen LogP contribution is 2.29. The van der Waals surface area contributed by atoms with Gasteiger partial charge in [0.05, 0.1) is 6.10 Å². The van der Waals surface area contributed by atoms with E-state index < -0.39 is 0 Å². The number of aliphatic hydroxyl groups is 1. The summed E-state index contributed by atoms with van der Waals surface area (Å²) in [4.78, 5) is 0. The number of aryl methyl sites for hydroxylation is 2. The zero-order chi connectivity index (χ0) is 12.4. The van der Waals surface area contributed by atoms with Crippen LogP contribution in [0.4, 0.5) is 0 Å². The average molecular weight is 280 g/mol. The second-order valence-corrected chi connectivity index (χ2v) is 7.71. The van der Waals surface area contributed by atoms with Crippen LogP contribution in [-0.2, 0) is 19.3 Å². The van der Waals surface area contributed by atoms with Crippen LogP contribution in [0, 0.1) is 0 Å². The summed E-state index contributed by atoms with van der Waals surface area (Å²) in [6.45, 7) is 0. The van der Waals surface area contributed by atoms with E-state index >= 15 is 0 Å². The van der Waals surface area contributed by atoms with E-state index in [0.717, 1.165) is 12.2 Å². The third-order valence-electron chi connectivity index (χ3n) is 3.88. The van der Waals surface area contributed by atoms with E-state index in [0.29, 0.717) is 5.25 Å². The predicted octanol–water partition coefficient (Wildman–Crippen LogP) is 2.93. The van der Waals surface area contributed by atoms with Gasteiger partial charge in [0.15, 0.2) is 0 Å². The lowest BCUT2D eigenvalue weighted by Crippen LogP contribution is -2.30. The van der Waals surface area contributed by atoms with E-state index in [1.54, 1.807) is 0 Å². The molecule has 1 aliphatic carbocycles. The smallest absolute Gasteiger partial charge is 0.0707 e. The summed E-state index contributed by atoms with van der Waals surface area (Å²) in [7, 11) is 0. The first-order valence-corrected chi connectivity index (χ1v) is 9.01. The van der Waals surface area contributed by atoms with Crippen LogP contribution >= 0.6 is 23.5 Å². The highest BCUT2D eigenvalue weighted by Gasteiger charge is 2.23. The van der Waals surface area contributed by atoms with Crippen molar-refractivity contribution in [2.45, 2.75) is 37.0 Å². The number of thioether (sulfide) groups is 2. The van der Waals surface area contributed by atoms with E-state index in [1.807, 2.05) is 23.5 Å². The van der Waals surface area contributed by atoms with Gasteiger partial charge >= 0.3 is 0 Å². The van der Waals surface area contributed by atoms with Crippen LogP contribution in [0.3, 0.4) is 0 Å². The Kier molecular flexibility index (Phi) is 4.22. The summed E-state index contributed by atoms with van der Waals surface area (Å²) in [5.41, 5.74) is 4.36. The van der Waals surface area contributed by atoms with Crippen molar-refractivity contribution in [3.63, 3.8) is 0 Å². The minimum absolute atomic E-state index is 0.178. The first kappa shape index (κ1) is 12.9. The molecule has 1 saturated heterocycles. The topological polar surface area (TPSA) is 20.2 Å². The lowest BCUT2D eigenvalue weighted by Gasteiger charge is -2.26. The normalized spacial score (nSPS) is 24.8. The van der Waals surface area contributed by atoms with Gasteiger partial charge in [-0.15, -0.1) is 0 Å². The van der Waals surface area contributed by atoms with Crippen molar-refractivity contribution in [2.75, 3.05) is 17.3 Å². The summed E-state index contributed by atoms with van der Waals surface area (Å²) in [6.07, 6.45) is 4.42. The SMILES string of the molecule is OC(Cc1ccc2c(c1)CCC2)C1CSCCS1. The van der Waals surface area contributed by atoms with Gasteiger partial charge in [-0.05, 0) is 42.4 Å². The highest BCUT2D eigenvalue weighted by molar-refractivity contribution is 8.06. The second-order valence-electron chi connectivity index (χ2n) is 5.21. The summed E-state index contributed by atoms with van der Waals surface area (Å²) >= 11 is 3.93. The standard InChI is InChI=1S/C15H20OS2/c16-14(15-10-17-6-7-18-15)9-11-4-5-12-2-1-3-13(12)8-11/h4-5,8,14-16H,1-3,6-7,9-10H2. The molecule has 1 heterocycles. The van der Waals surface area contributed by atoms with Crippen molar-refractivity contribution >= 4 is 23.5 Å². The van der Waals surface area contributed by atoms with Crippen molar-refractivity contribution < 1.29 is 5.11 Å². The lowest BCUT2D eigenvalue weighted by molar-refractivity contribution is 0.177. The van der Waals surface area contributed by atoms with E-state index in [-0.39, 0.29) is 6.10 Å². The largest absolute Gasteiger partial charge is 0.392 e. The molecule has 1 nitrogen and oxygen atoms in total. The minimum Gasteiger partial charge on any atom is -0.392 e. The molecule has 2 unspecified atom stereocenters. The molecule has 1 aliphatic heterocycles. The van der Waals surface area contributed by atoms with E-state index in [2.05, 4.69) is 18.2 Å². The minimum atomic E-state index is -0.178. The summed E-state index contributed by atoms with van der Waals surface area (Å²) in [6, 6.07) is 6.81. The number of hydrogen-bond donors (Lipinski definition) is 1. The fourth-order valence-corrected chi connectivity index (χ4v) is 5.63. The Hall–Kier alpha value is -0.120. The molecule has 1 aromatic rings. The van der Waals surface area contributed by atoms with Gasteiger partial charge < -0.3 is 5.11 Å². The molecule has 0 aromatic heterocycles. The predicted molar refractivity (Wildman–Crippen MR) is 81.7 cm³/mol. The third kappa shape index (κ3) is 2.89. The van der Waals surface area contributed by atoms with Crippen molar-refractivity contribution in [1.82, 2.24) is 0 Å². The summed E-state index contributed by atoms with van der Waals surface area (Å²) in [5, 5.41) is 10.8. The van der Waals surface area contributed by atoms with Crippen molar-refractivity contribution in [2.24, 2.45) is 0 Å². The number of hydrogen-bond acceptors (Lipinski definition) is 3. The molecule has 1 N–H and O–H groups in total. The van der Waals surface area contributed by atoms with Crippen molar-refractivity contribution in [1.29, 1.82) is 0 Å². The van der Waals surface area contributed by atoms with E-state index in [1.165, 1.54) is 47.5 Å². The maximum Gasteiger partial charge on any atom is 0.0707 e. The Labute approximate surface area is 118 Å². The van der Waals surface area contributed by atoms with E-state index in [9.17, 15) is 5.11 Å². The van der Waals surface area contributed by atoms with Gasteiger partial charge in [0, 0.05) is 22.5 Å². The fraction of sp³-hybridized carbons (Fsp3) is 0.600. The van der Waals surface area contributed by atoms with Crippen LogP contribution < -0.4 is 0 Å². The van der Waals surface area contributed by atoms with Crippen molar-refractivity contribution in [3.8, 4) is 0 Å². The van der Waals surface area contributed by atoms with Gasteiger partial charge in [0.2, 0.25) is 0 Å². The first-order chi connectivity index (χ1) is 8.83. The Morgan fingerprint density at radius 2 is 2.11 bits per heavy atom. The second kappa shape index (κ2) is 5.89. The molecule has 2 aliphatic rings. The fourth-order valence-electron chi connectivity index (χ4n) is 2.85. The molecular formula is C15H20OS2. The third-order valence-corrected chi connectivity index (χ3v) is 6.78. The summed E-state index contributed by atoms with van der Waals surface area (Å²) < 4.78 is 0. The van der Waals surface area contributed by atoms with Gasteiger partial charge in [0.1, 0.15) is 0 Å². The molecule has 3 rings (SSSR count). The van der Waals surface area contributed by atoms with Gasteiger partial charge in [0.25, 0.3) is 0 Å². The quantitative estimate of drug-likeness (QED) is 0.919. The molecule has 98 valence electrons. The molecule has 0 radical (unpaired) electrons. The molecule has 18 heavy (non-hydrogen) atoms. The Balaban J connectivity index is 1.64. The summed E-state index contributed by atoms with van der Waals surface area (Å²) in [5.74, 6) is 3.54. The van der Waals surface area contributed by atoms with Crippen LogP contribution in [0.1, 0.15) is 23.1 Å². The molecule has 3 heteroatoms. The number of fused-ring (bicyclic) bond motifs is 1. The lowest BCUT2D eigenvalue weighted by atomic mass is 10.0. The Bertz CT molecular complexity index is 413. The molecule has 0 bridgehead atoms. The first-order valence-electron chi connectivity index (χ1n) is 6.81. The highest BCUT2D eigenvalue weighted by atomic mass is 32.2. The number of benzene rings is 1. The Morgan fingerprint density at radius 3 is 2.94 bits per heavy atom. The Morgan fingerprint density at radius 1 is 1.22 bits per heavy atom. The maximum atomic E-state index is 10.3. The van der Waals surface area contributed by atoms with Crippen LogP contribution in [0.25, 0.3) is 0 Å². The van der Waals surface area contributed by atoms with Crippen LogP contribution in [-0.4, -0.2) is 33.7 Å². The molecule has 0 saturated carbocycles. The molecule has 2 atom stereocenters. The number of aliphatic hydroxyl groups excluding tert-OH is 1. The van der Waals surface area contributed by atoms with Gasteiger partial charge in [-0.3, -0.25) is 0 Å².